The van der Waals surface area contributed by atoms with Gasteiger partial charge in [-0.1, -0.05) is 36.4 Å². The minimum Gasteiger partial charge on any atom is -0.377 e. The molecule has 1 atom stereocenters. The minimum absolute atomic E-state index is 0.327. The summed E-state index contributed by atoms with van der Waals surface area (Å²) in [6, 6.07) is 6.99. The number of aryl methyl sites for hydroxylation is 1. The van der Waals surface area contributed by atoms with Crippen molar-refractivity contribution in [2.75, 3.05) is 27.4 Å². The molecule has 1 aromatic heterocycles. The summed E-state index contributed by atoms with van der Waals surface area (Å²) in [7, 11) is 2.94. The van der Waals surface area contributed by atoms with Gasteiger partial charge in [0.25, 0.3) is 11.8 Å². The molecule has 2 aromatic rings. The largest absolute Gasteiger partial charge is 0.377 e. The number of hydrogen-bond acceptors (Lipinski definition) is 5. The van der Waals surface area contributed by atoms with Crippen LogP contribution in [0.15, 0.2) is 42.9 Å². The lowest BCUT2D eigenvalue weighted by Crippen LogP contribution is -2.48. The lowest BCUT2D eigenvalue weighted by Gasteiger charge is -2.23. The Morgan fingerprint density at radius 2 is 2.21 bits per heavy atom. The number of carbonyl (C=O) groups excluding carboxylic acids is 2. The highest BCUT2D eigenvalue weighted by Crippen LogP contribution is 2.15. The first kappa shape index (κ1) is 20.8. The van der Waals surface area contributed by atoms with Crippen LogP contribution in [-0.2, 0) is 27.3 Å². The predicted octanol–water partition coefficient (Wildman–Crippen LogP) is 1.68. The number of nitrogens with one attached hydrogen (secondary N) is 1. The molecule has 1 aromatic carbocycles. The van der Waals surface area contributed by atoms with E-state index in [0.29, 0.717) is 31.9 Å². The molecule has 0 saturated heterocycles. The summed E-state index contributed by atoms with van der Waals surface area (Å²) < 4.78 is 7.42. The van der Waals surface area contributed by atoms with Gasteiger partial charge < -0.3 is 14.6 Å². The van der Waals surface area contributed by atoms with E-state index in [1.807, 2.05) is 36.4 Å². The first-order valence-corrected chi connectivity index (χ1v) is 9.55. The van der Waals surface area contributed by atoms with Gasteiger partial charge in [-0.3, -0.25) is 14.4 Å². The molecule has 0 fully saturated rings. The molecule has 0 bridgehead atoms. The van der Waals surface area contributed by atoms with Gasteiger partial charge in [0, 0.05) is 26.6 Å². The summed E-state index contributed by atoms with van der Waals surface area (Å²) in [5, 5.41) is 3.99. The number of hydrogen-bond donors (Lipinski definition) is 1. The van der Waals surface area contributed by atoms with E-state index in [9.17, 15) is 9.59 Å². The average Bonchev–Trinajstić information content (AvgIpc) is 3.20. The number of fused-ring (bicyclic) bond motifs is 2. The third kappa shape index (κ3) is 5.30. The van der Waals surface area contributed by atoms with Crippen molar-refractivity contribution in [1.29, 1.82) is 0 Å². The molecule has 29 heavy (non-hydrogen) atoms. The molecule has 1 N–H and O–H groups in total. The third-order valence-electron chi connectivity index (χ3n) is 4.81. The van der Waals surface area contributed by atoms with Crippen molar-refractivity contribution in [3.05, 3.63) is 59.7 Å². The van der Waals surface area contributed by atoms with Gasteiger partial charge in [0.1, 0.15) is 11.7 Å². The molecule has 1 aliphatic heterocycles. The fourth-order valence-corrected chi connectivity index (χ4v) is 3.20. The third-order valence-corrected chi connectivity index (χ3v) is 4.81. The second kappa shape index (κ2) is 9.99. The molecular weight excluding hydrogens is 372 g/mol. The summed E-state index contributed by atoms with van der Waals surface area (Å²) in [4.78, 5) is 34.9. The summed E-state index contributed by atoms with van der Waals surface area (Å²) in [5.41, 5.74) is 2.32. The van der Waals surface area contributed by atoms with Crippen molar-refractivity contribution in [1.82, 2.24) is 19.9 Å². The van der Waals surface area contributed by atoms with Gasteiger partial charge in [0.05, 0.1) is 26.2 Å². The first-order chi connectivity index (χ1) is 14.1. The molecule has 2 heterocycles. The second-order valence-corrected chi connectivity index (χ2v) is 6.75. The van der Waals surface area contributed by atoms with Crippen molar-refractivity contribution in [2.45, 2.75) is 25.4 Å². The lowest BCUT2D eigenvalue weighted by atomic mass is 9.99. The quantitative estimate of drug-likeness (QED) is 0.778. The van der Waals surface area contributed by atoms with Crippen LogP contribution >= 0.6 is 0 Å². The van der Waals surface area contributed by atoms with E-state index in [0.717, 1.165) is 22.6 Å². The molecule has 8 nitrogen and oxygen atoms in total. The molecule has 0 saturated carbocycles. The van der Waals surface area contributed by atoms with Gasteiger partial charge in [0.2, 0.25) is 0 Å². The number of carbonyl (C=O) groups is 2. The molecule has 1 aliphatic rings. The zero-order valence-electron chi connectivity index (χ0n) is 16.7. The first-order valence-electron chi connectivity index (χ1n) is 9.55. The van der Waals surface area contributed by atoms with E-state index in [1.54, 1.807) is 10.9 Å². The van der Waals surface area contributed by atoms with Crippen molar-refractivity contribution < 1.29 is 19.2 Å². The number of hydroxylamine groups is 2. The Morgan fingerprint density at radius 1 is 1.38 bits per heavy atom. The highest BCUT2D eigenvalue weighted by atomic mass is 16.7. The number of aromatic nitrogens is 2. The molecule has 2 amide bonds. The Kier molecular flexibility index (Phi) is 7.15. The maximum atomic E-state index is 12.9. The SMILES string of the molecule is CON(C)C(=O)[C@@H]1Cc2ccccc2C=CCOCCCn2cncc2C(=O)N1. The van der Waals surface area contributed by atoms with Crippen LogP contribution in [0.2, 0.25) is 0 Å². The molecule has 154 valence electrons. The monoisotopic (exact) mass is 398 g/mol. The Balaban J connectivity index is 1.95. The molecule has 0 spiro atoms. The number of ether oxygens (including phenoxy) is 1. The van der Waals surface area contributed by atoms with Crippen LogP contribution in [0.1, 0.15) is 28.0 Å². The molecule has 0 aliphatic carbocycles. The zero-order valence-corrected chi connectivity index (χ0v) is 16.7. The topological polar surface area (TPSA) is 85.7 Å². The highest BCUT2D eigenvalue weighted by molar-refractivity contribution is 5.96. The van der Waals surface area contributed by atoms with E-state index in [1.165, 1.54) is 20.4 Å². The van der Waals surface area contributed by atoms with Crippen LogP contribution < -0.4 is 5.32 Å². The fourth-order valence-electron chi connectivity index (χ4n) is 3.20. The molecule has 8 heteroatoms. The summed E-state index contributed by atoms with van der Waals surface area (Å²) in [6.07, 6.45) is 8.12. The van der Waals surface area contributed by atoms with Gasteiger partial charge in [-0.2, -0.15) is 0 Å². The van der Waals surface area contributed by atoms with E-state index in [4.69, 9.17) is 9.57 Å². The van der Waals surface area contributed by atoms with Gasteiger partial charge >= 0.3 is 0 Å². The Labute approximate surface area is 170 Å². The number of benzene rings is 1. The van der Waals surface area contributed by atoms with Gasteiger partial charge in [-0.25, -0.2) is 10.0 Å². The standard InChI is InChI=1S/C21H26N4O4/c1-24(28-2)21(27)18-13-17-8-4-3-7-16(17)9-5-11-29-12-6-10-25-15-22-14-19(25)20(26)23-18/h3-5,7-9,14-15,18H,6,10-13H2,1-2H3,(H,23,26)/t18-/m0/s1. The second-order valence-electron chi connectivity index (χ2n) is 6.75. The van der Waals surface area contributed by atoms with Crippen molar-refractivity contribution >= 4 is 17.9 Å². The number of nitrogens with zero attached hydrogens (tertiary/aromatic N) is 3. The summed E-state index contributed by atoms with van der Waals surface area (Å²) in [5.74, 6) is -0.687. The van der Waals surface area contributed by atoms with Crippen molar-refractivity contribution in [2.24, 2.45) is 0 Å². The average molecular weight is 398 g/mol. The van der Waals surface area contributed by atoms with Crippen LogP contribution in [0.25, 0.3) is 6.08 Å². The Morgan fingerprint density at radius 3 is 3.03 bits per heavy atom. The highest BCUT2D eigenvalue weighted by Gasteiger charge is 2.27. The molecule has 0 unspecified atom stereocenters. The van der Waals surface area contributed by atoms with Crippen LogP contribution in [0.4, 0.5) is 0 Å². The lowest BCUT2D eigenvalue weighted by molar-refractivity contribution is -0.170. The van der Waals surface area contributed by atoms with Gasteiger partial charge in [-0.05, 0) is 17.5 Å². The minimum atomic E-state index is -0.785. The zero-order chi connectivity index (χ0) is 20.6. The maximum Gasteiger partial charge on any atom is 0.270 e. The van der Waals surface area contributed by atoms with Gasteiger partial charge in [-0.15, -0.1) is 0 Å². The normalized spacial score (nSPS) is 18.0. The van der Waals surface area contributed by atoms with Crippen molar-refractivity contribution in [3.63, 3.8) is 0 Å². The smallest absolute Gasteiger partial charge is 0.270 e. The Hall–Kier alpha value is -2.97. The van der Waals surface area contributed by atoms with E-state index < -0.39 is 6.04 Å². The summed E-state index contributed by atoms with van der Waals surface area (Å²) in [6.45, 7) is 1.67. The predicted molar refractivity (Wildman–Crippen MR) is 108 cm³/mol. The maximum absolute atomic E-state index is 12.9. The molecule has 0 radical (unpaired) electrons. The van der Waals surface area contributed by atoms with Crippen LogP contribution in [0.5, 0.6) is 0 Å². The number of rotatable bonds is 2. The molecule has 3 rings (SSSR count). The number of imidazole rings is 1. The van der Waals surface area contributed by atoms with E-state index in [2.05, 4.69) is 10.3 Å². The van der Waals surface area contributed by atoms with E-state index in [-0.39, 0.29) is 11.8 Å². The fraction of sp³-hybridized carbons (Fsp3) is 0.381. The van der Waals surface area contributed by atoms with E-state index >= 15 is 0 Å². The van der Waals surface area contributed by atoms with Crippen LogP contribution in [-0.4, -0.2) is 59.8 Å². The van der Waals surface area contributed by atoms with Crippen LogP contribution in [0, 0.1) is 0 Å². The van der Waals surface area contributed by atoms with Crippen molar-refractivity contribution in [3.8, 4) is 0 Å². The number of amides is 2. The number of likely N-dealkylation sites (N-methyl/N-ethyl adjacent to an activating group) is 1. The molecular formula is C21H26N4O4. The Bertz CT molecular complexity index is 877. The van der Waals surface area contributed by atoms with Crippen LogP contribution in [0.3, 0.4) is 0 Å². The van der Waals surface area contributed by atoms with Gasteiger partial charge in [0.15, 0.2) is 0 Å². The summed E-state index contributed by atoms with van der Waals surface area (Å²) >= 11 is 0.